The Morgan fingerprint density at radius 1 is 1.12 bits per heavy atom. The standard InChI is InChI=1S/C25H20BrN3O3/c1-15-8-9-21-18(10-15)19(13-22(28-21)17-6-4-3-5-7-17)25(31)29-27-14-16-11-20(26)24(30)23(12-16)32-2/h3-14,30H,1-2H3,(H,29,31). The highest BCUT2D eigenvalue weighted by atomic mass is 79.9. The number of methoxy groups -OCH3 is 1. The number of amides is 1. The van der Waals surface area contributed by atoms with Crippen LogP contribution in [0, 0.1) is 6.92 Å². The summed E-state index contributed by atoms with van der Waals surface area (Å²) < 4.78 is 5.61. The highest BCUT2D eigenvalue weighted by Gasteiger charge is 2.14. The summed E-state index contributed by atoms with van der Waals surface area (Å²) in [5.41, 5.74) is 7.13. The van der Waals surface area contributed by atoms with Crippen LogP contribution >= 0.6 is 15.9 Å². The van der Waals surface area contributed by atoms with Crippen LogP contribution in [0.3, 0.4) is 0 Å². The first-order chi connectivity index (χ1) is 15.5. The van der Waals surface area contributed by atoms with Crippen LogP contribution in [0.4, 0.5) is 0 Å². The molecule has 0 spiro atoms. The van der Waals surface area contributed by atoms with E-state index >= 15 is 0 Å². The molecule has 160 valence electrons. The molecule has 0 saturated heterocycles. The summed E-state index contributed by atoms with van der Waals surface area (Å²) in [5.74, 6) is -0.0442. The van der Waals surface area contributed by atoms with Crippen LogP contribution in [-0.4, -0.2) is 29.3 Å². The van der Waals surface area contributed by atoms with Gasteiger partial charge < -0.3 is 9.84 Å². The Kier molecular flexibility index (Phi) is 6.18. The first-order valence-corrected chi connectivity index (χ1v) is 10.6. The van der Waals surface area contributed by atoms with Gasteiger partial charge in [0.15, 0.2) is 11.5 Å². The van der Waals surface area contributed by atoms with E-state index in [4.69, 9.17) is 9.72 Å². The van der Waals surface area contributed by atoms with Crippen molar-refractivity contribution in [1.82, 2.24) is 10.4 Å². The number of carbonyl (C=O) groups is 1. The number of nitrogens with zero attached hydrogens (tertiary/aromatic N) is 2. The molecule has 7 heteroatoms. The van der Waals surface area contributed by atoms with E-state index in [2.05, 4.69) is 26.5 Å². The SMILES string of the molecule is COc1cc(C=NNC(=O)c2cc(-c3ccccc3)nc3ccc(C)cc23)cc(Br)c1O. The van der Waals surface area contributed by atoms with E-state index in [1.165, 1.54) is 13.3 Å². The van der Waals surface area contributed by atoms with Gasteiger partial charge in [0.2, 0.25) is 0 Å². The number of hydrogen-bond donors (Lipinski definition) is 2. The highest BCUT2D eigenvalue weighted by Crippen LogP contribution is 2.34. The fourth-order valence-corrected chi connectivity index (χ4v) is 3.79. The fourth-order valence-electron chi connectivity index (χ4n) is 3.33. The number of hydrazone groups is 1. The molecule has 2 N–H and O–H groups in total. The minimum atomic E-state index is -0.346. The van der Waals surface area contributed by atoms with Gasteiger partial charge in [0, 0.05) is 10.9 Å². The third-order valence-corrected chi connectivity index (χ3v) is 5.53. The number of benzene rings is 3. The lowest BCUT2D eigenvalue weighted by Gasteiger charge is -2.10. The van der Waals surface area contributed by atoms with Gasteiger partial charge in [-0.25, -0.2) is 10.4 Å². The van der Waals surface area contributed by atoms with E-state index in [9.17, 15) is 9.90 Å². The van der Waals surface area contributed by atoms with E-state index in [0.717, 1.165) is 22.0 Å². The van der Waals surface area contributed by atoms with E-state index < -0.39 is 0 Å². The average molecular weight is 490 g/mol. The van der Waals surface area contributed by atoms with Gasteiger partial charge in [0.05, 0.1) is 34.6 Å². The summed E-state index contributed by atoms with van der Waals surface area (Å²) in [4.78, 5) is 17.8. The van der Waals surface area contributed by atoms with Gasteiger partial charge in [0.25, 0.3) is 5.91 Å². The predicted molar refractivity (Wildman–Crippen MR) is 129 cm³/mol. The molecule has 1 aromatic heterocycles. The maximum absolute atomic E-state index is 13.1. The van der Waals surface area contributed by atoms with Gasteiger partial charge in [-0.05, 0) is 58.7 Å². The number of phenols is 1. The van der Waals surface area contributed by atoms with Gasteiger partial charge in [-0.1, -0.05) is 42.0 Å². The van der Waals surface area contributed by atoms with E-state index in [1.54, 1.807) is 18.2 Å². The second kappa shape index (κ2) is 9.20. The molecule has 4 aromatic rings. The molecule has 0 saturated carbocycles. The van der Waals surface area contributed by atoms with Gasteiger partial charge >= 0.3 is 0 Å². The van der Waals surface area contributed by atoms with Crippen molar-refractivity contribution in [1.29, 1.82) is 0 Å². The van der Waals surface area contributed by atoms with Crippen LogP contribution in [0.2, 0.25) is 0 Å². The van der Waals surface area contributed by atoms with Gasteiger partial charge in [0.1, 0.15) is 0 Å². The Labute approximate surface area is 193 Å². The smallest absolute Gasteiger partial charge is 0.272 e. The Morgan fingerprint density at radius 2 is 1.91 bits per heavy atom. The highest BCUT2D eigenvalue weighted by molar-refractivity contribution is 9.10. The Balaban J connectivity index is 1.68. The zero-order chi connectivity index (χ0) is 22.7. The molecule has 0 atom stereocenters. The molecule has 1 amide bonds. The second-order valence-corrected chi connectivity index (χ2v) is 8.05. The molecular formula is C25H20BrN3O3. The first-order valence-electron chi connectivity index (χ1n) is 9.83. The summed E-state index contributed by atoms with van der Waals surface area (Å²) in [7, 11) is 1.46. The number of fused-ring (bicyclic) bond motifs is 1. The summed E-state index contributed by atoms with van der Waals surface area (Å²) in [6.45, 7) is 1.97. The molecule has 0 aliphatic heterocycles. The van der Waals surface area contributed by atoms with Crippen molar-refractivity contribution in [2.24, 2.45) is 5.10 Å². The maximum atomic E-state index is 13.1. The lowest BCUT2D eigenvalue weighted by atomic mass is 10.0. The lowest BCUT2D eigenvalue weighted by molar-refractivity contribution is 0.0956. The molecule has 0 aliphatic carbocycles. The number of ether oxygens (including phenoxy) is 1. The minimum absolute atomic E-state index is 0.000696. The largest absolute Gasteiger partial charge is 0.503 e. The number of pyridine rings is 1. The van der Waals surface area contributed by atoms with E-state index in [1.807, 2.05) is 55.5 Å². The second-order valence-electron chi connectivity index (χ2n) is 7.19. The number of hydrogen-bond acceptors (Lipinski definition) is 5. The normalized spacial score (nSPS) is 11.1. The number of carbonyl (C=O) groups excluding carboxylic acids is 1. The molecule has 0 unspecified atom stereocenters. The third-order valence-electron chi connectivity index (χ3n) is 4.93. The minimum Gasteiger partial charge on any atom is -0.503 e. The van der Waals surface area contributed by atoms with Crippen LogP contribution in [0.5, 0.6) is 11.5 Å². The Hall–Kier alpha value is -3.71. The summed E-state index contributed by atoms with van der Waals surface area (Å²) in [6.07, 6.45) is 1.48. The molecule has 0 bridgehead atoms. The number of rotatable bonds is 5. The third kappa shape index (κ3) is 4.48. The zero-order valence-corrected chi connectivity index (χ0v) is 19.1. The number of halogens is 1. The van der Waals surface area contributed by atoms with Crippen LogP contribution in [0.25, 0.3) is 22.2 Å². The topological polar surface area (TPSA) is 83.8 Å². The van der Waals surface area contributed by atoms with Crippen molar-refractivity contribution in [3.63, 3.8) is 0 Å². The van der Waals surface area contributed by atoms with Crippen molar-refractivity contribution in [2.45, 2.75) is 6.92 Å². The molecule has 1 heterocycles. The number of aryl methyl sites for hydroxylation is 1. The molecule has 0 aliphatic rings. The zero-order valence-electron chi connectivity index (χ0n) is 17.5. The monoisotopic (exact) mass is 489 g/mol. The van der Waals surface area contributed by atoms with Gasteiger partial charge in [-0.3, -0.25) is 4.79 Å². The van der Waals surface area contributed by atoms with E-state index in [-0.39, 0.29) is 11.7 Å². The summed E-state index contributed by atoms with van der Waals surface area (Å²) >= 11 is 3.27. The molecule has 0 fully saturated rings. The van der Waals surface area contributed by atoms with Crippen LogP contribution in [0.15, 0.2) is 76.3 Å². The number of nitrogens with one attached hydrogen (secondary N) is 1. The molecule has 0 radical (unpaired) electrons. The van der Waals surface area contributed by atoms with Crippen molar-refractivity contribution in [3.05, 3.63) is 87.9 Å². The Bertz CT molecular complexity index is 1340. The van der Waals surface area contributed by atoms with Crippen LogP contribution in [0.1, 0.15) is 21.5 Å². The van der Waals surface area contributed by atoms with Gasteiger partial charge in [-0.2, -0.15) is 5.10 Å². The predicted octanol–water partition coefficient (Wildman–Crippen LogP) is 5.45. The van der Waals surface area contributed by atoms with Crippen molar-refractivity contribution < 1.29 is 14.6 Å². The fraction of sp³-hybridized carbons (Fsp3) is 0.0800. The molecule has 4 rings (SSSR count). The van der Waals surface area contributed by atoms with Crippen molar-refractivity contribution >= 4 is 39.0 Å². The summed E-state index contributed by atoms with van der Waals surface area (Å²) in [5, 5.41) is 14.8. The van der Waals surface area contributed by atoms with Crippen molar-refractivity contribution in [3.8, 4) is 22.8 Å². The molecular weight excluding hydrogens is 470 g/mol. The number of phenolic OH excluding ortho intramolecular Hbond substituents is 1. The molecule has 3 aromatic carbocycles. The van der Waals surface area contributed by atoms with Crippen molar-refractivity contribution in [2.75, 3.05) is 7.11 Å². The molecule has 6 nitrogen and oxygen atoms in total. The number of aromatic hydroxyl groups is 1. The van der Waals surface area contributed by atoms with Crippen LogP contribution in [-0.2, 0) is 0 Å². The van der Waals surface area contributed by atoms with Gasteiger partial charge in [-0.15, -0.1) is 0 Å². The quantitative estimate of drug-likeness (QED) is 0.288. The first kappa shape index (κ1) is 21.5. The average Bonchev–Trinajstić information content (AvgIpc) is 2.81. The van der Waals surface area contributed by atoms with Crippen LogP contribution < -0.4 is 10.2 Å². The Morgan fingerprint density at radius 3 is 2.66 bits per heavy atom. The summed E-state index contributed by atoms with van der Waals surface area (Å²) in [6, 6.07) is 20.6. The lowest BCUT2D eigenvalue weighted by Crippen LogP contribution is -2.18. The van der Waals surface area contributed by atoms with E-state index in [0.29, 0.717) is 27.0 Å². The number of aromatic nitrogens is 1. The maximum Gasteiger partial charge on any atom is 0.272 e. The molecule has 32 heavy (non-hydrogen) atoms.